The summed E-state index contributed by atoms with van der Waals surface area (Å²) in [6.07, 6.45) is 6.27. The van der Waals surface area contributed by atoms with Gasteiger partial charge in [0.15, 0.2) is 14.1 Å². The van der Waals surface area contributed by atoms with Gasteiger partial charge in [0.05, 0.1) is 0 Å². The number of hydrogen-bond donors (Lipinski definition) is 0. The first-order valence-corrected chi connectivity index (χ1v) is 14.3. The summed E-state index contributed by atoms with van der Waals surface area (Å²) >= 11 is 3.43. The minimum atomic E-state index is -1.75. The molecule has 0 aromatic heterocycles. The second kappa shape index (κ2) is 8.78. The first-order valence-electron chi connectivity index (χ1n) is 8.96. The molecule has 0 radical (unpaired) electrons. The molecule has 2 nitrogen and oxygen atoms in total. The van der Waals surface area contributed by atoms with E-state index in [4.69, 9.17) is 4.43 Å². The number of hydrogen-bond acceptors (Lipinski definition) is 4. The Balaban J connectivity index is 2.87. The fourth-order valence-corrected chi connectivity index (χ4v) is 5.79. The van der Waals surface area contributed by atoms with Crippen LogP contribution in [0.3, 0.4) is 0 Å². The van der Waals surface area contributed by atoms with Gasteiger partial charge < -0.3 is 4.43 Å². The lowest BCUT2D eigenvalue weighted by Crippen LogP contribution is -2.43. The lowest BCUT2D eigenvalue weighted by Gasteiger charge is -2.39. The Labute approximate surface area is 159 Å². The Morgan fingerprint density at radius 1 is 1.25 bits per heavy atom. The molecule has 5 heteroatoms. The molecule has 1 saturated carbocycles. The Bertz CT molecular complexity index is 474. The predicted molar refractivity (Wildman–Crippen MR) is 113 cm³/mol. The molecule has 0 amide bonds. The molecule has 3 atom stereocenters. The maximum atomic E-state index is 13.1. The molecule has 140 valence electrons. The maximum Gasteiger partial charge on any atom is 0.191 e. The Hall–Kier alpha value is 0.287. The summed E-state index contributed by atoms with van der Waals surface area (Å²) in [5.74, 6) is 1.17. The third-order valence-corrected chi connectivity index (χ3v) is 12.5. The van der Waals surface area contributed by atoms with Crippen molar-refractivity contribution >= 4 is 37.6 Å². The van der Waals surface area contributed by atoms with Crippen LogP contribution in [-0.2, 0) is 9.22 Å². The van der Waals surface area contributed by atoms with Crippen molar-refractivity contribution < 1.29 is 9.22 Å². The molecule has 24 heavy (non-hydrogen) atoms. The van der Waals surface area contributed by atoms with Gasteiger partial charge in [-0.05, 0) is 55.3 Å². The van der Waals surface area contributed by atoms with E-state index in [1.54, 1.807) is 23.5 Å². The molecule has 1 aliphatic carbocycles. The van der Waals surface area contributed by atoms with E-state index >= 15 is 0 Å². The van der Waals surface area contributed by atoms with Gasteiger partial charge in [-0.3, -0.25) is 4.79 Å². The van der Waals surface area contributed by atoms with E-state index < -0.39 is 8.32 Å². The van der Waals surface area contributed by atoms with Crippen LogP contribution < -0.4 is 0 Å². The van der Waals surface area contributed by atoms with E-state index in [9.17, 15) is 4.79 Å². The number of rotatable bonds is 6. The van der Waals surface area contributed by atoms with Crippen molar-refractivity contribution in [3.05, 3.63) is 9.81 Å². The molecule has 0 bridgehead atoms. The fourth-order valence-electron chi connectivity index (χ4n) is 2.97. The van der Waals surface area contributed by atoms with Crippen LogP contribution in [0.2, 0.25) is 18.1 Å². The van der Waals surface area contributed by atoms with Gasteiger partial charge in [-0.1, -0.05) is 34.6 Å². The van der Waals surface area contributed by atoms with Crippen LogP contribution in [0.4, 0.5) is 0 Å². The van der Waals surface area contributed by atoms with Gasteiger partial charge in [0.2, 0.25) is 0 Å². The van der Waals surface area contributed by atoms with Crippen molar-refractivity contribution in [2.75, 3.05) is 19.1 Å². The van der Waals surface area contributed by atoms with Crippen LogP contribution in [0.25, 0.3) is 0 Å². The van der Waals surface area contributed by atoms with Crippen molar-refractivity contribution in [2.24, 2.45) is 17.8 Å². The standard InChI is InChI=1S/C19H36O2S2Si/c1-13-10-11-15(17(20)16(13)18(22-6)23-7)14(2)12-21-24(8,9)19(3,4)5/h13-15H,10-12H2,1-9H3/t13-,14-,15+/m1/s1. The largest absolute Gasteiger partial charge is 0.417 e. The van der Waals surface area contributed by atoms with Gasteiger partial charge in [0.1, 0.15) is 0 Å². The summed E-state index contributed by atoms with van der Waals surface area (Å²) in [4.78, 5) is 13.1. The van der Waals surface area contributed by atoms with E-state index in [1.807, 2.05) is 0 Å². The summed E-state index contributed by atoms with van der Waals surface area (Å²) in [7, 11) is -1.75. The first-order chi connectivity index (χ1) is 11.0. The molecular formula is C19H36O2S2Si. The van der Waals surface area contributed by atoms with Crippen LogP contribution in [-0.4, -0.2) is 33.2 Å². The zero-order chi connectivity index (χ0) is 18.7. The summed E-state index contributed by atoms with van der Waals surface area (Å²) in [5, 5.41) is 0.216. The number of thioether (sulfide) groups is 2. The minimum absolute atomic E-state index is 0.121. The number of ketones is 1. The van der Waals surface area contributed by atoms with Crippen molar-refractivity contribution in [1.82, 2.24) is 0 Å². The van der Waals surface area contributed by atoms with E-state index in [0.717, 1.165) is 18.4 Å². The molecule has 0 unspecified atom stereocenters. The fraction of sp³-hybridized carbons (Fsp3) is 0.842. The number of carbonyl (C=O) groups is 1. The molecule has 0 saturated heterocycles. The van der Waals surface area contributed by atoms with Crippen molar-refractivity contribution in [2.45, 2.75) is 65.6 Å². The summed E-state index contributed by atoms with van der Waals surface area (Å²) in [5.41, 5.74) is 1.07. The zero-order valence-electron chi connectivity index (χ0n) is 17.0. The van der Waals surface area contributed by atoms with Crippen LogP contribution in [0.1, 0.15) is 47.5 Å². The monoisotopic (exact) mass is 388 g/mol. The maximum absolute atomic E-state index is 13.1. The molecule has 0 aromatic rings. The summed E-state index contributed by atoms with van der Waals surface area (Å²) in [6.45, 7) is 16.5. The summed E-state index contributed by atoms with van der Waals surface area (Å²) < 4.78 is 7.60. The van der Waals surface area contributed by atoms with E-state index in [1.165, 1.54) is 4.24 Å². The highest BCUT2D eigenvalue weighted by molar-refractivity contribution is 8.21. The van der Waals surface area contributed by atoms with Crippen LogP contribution in [0.5, 0.6) is 0 Å². The molecule has 0 heterocycles. The molecule has 1 rings (SSSR count). The van der Waals surface area contributed by atoms with Gasteiger partial charge in [0.25, 0.3) is 0 Å². The molecule has 1 fully saturated rings. The quantitative estimate of drug-likeness (QED) is 0.400. The SMILES string of the molecule is CSC(SC)=C1C(=O)[C@H]([C@H](C)CO[Si](C)(C)C(C)(C)C)CC[C@H]1C. The molecule has 1 aliphatic rings. The second-order valence-corrected chi connectivity index (χ2v) is 15.3. The highest BCUT2D eigenvalue weighted by atomic mass is 32.2. The normalized spacial score (nSPS) is 24.2. The number of allylic oxidation sites excluding steroid dienone is 1. The summed E-state index contributed by atoms with van der Waals surface area (Å²) in [6, 6.07) is 0. The molecule has 0 aliphatic heterocycles. The van der Waals surface area contributed by atoms with Gasteiger partial charge in [-0.25, -0.2) is 0 Å². The topological polar surface area (TPSA) is 26.3 Å². The third-order valence-electron chi connectivity index (χ3n) is 5.80. The molecular weight excluding hydrogens is 352 g/mol. The van der Waals surface area contributed by atoms with Gasteiger partial charge >= 0.3 is 0 Å². The lowest BCUT2D eigenvalue weighted by molar-refractivity contribution is -0.123. The number of carbonyl (C=O) groups excluding carboxylic acids is 1. The van der Waals surface area contributed by atoms with Crippen LogP contribution in [0, 0.1) is 17.8 Å². The Morgan fingerprint density at radius 2 is 1.79 bits per heavy atom. The Morgan fingerprint density at radius 3 is 2.25 bits per heavy atom. The van der Waals surface area contributed by atoms with E-state index in [-0.39, 0.29) is 11.0 Å². The van der Waals surface area contributed by atoms with Crippen molar-refractivity contribution in [1.29, 1.82) is 0 Å². The average molecular weight is 389 g/mol. The van der Waals surface area contributed by atoms with Gasteiger partial charge in [-0.2, -0.15) is 0 Å². The smallest absolute Gasteiger partial charge is 0.191 e. The molecule has 0 spiro atoms. The number of Topliss-reactive ketones (excluding diaryl/α,β-unsaturated/α-hetero) is 1. The Kier molecular flexibility index (Phi) is 8.17. The van der Waals surface area contributed by atoms with Crippen molar-refractivity contribution in [3.63, 3.8) is 0 Å². The lowest BCUT2D eigenvalue weighted by atomic mass is 9.74. The highest BCUT2D eigenvalue weighted by Gasteiger charge is 2.40. The molecule has 0 N–H and O–H groups in total. The third kappa shape index (κ3) is 5.15. The zero-order valence-corrected chi connectivity index (χ0v) is 19.6. The predicted octanol–water partition coefficient (Wildman–Crippen LogP) is 6.20. The van der Waals surface area contributed by atoms with Gasteiger partial charge in [-0.15, -0.1) is 23.5 Å². The molecule has 0 aromatic carbocycles. The van der Waals surface area contributed by atoms with Crippen LogP contribution in [0.15, 0.2) is 9.81 Å². The second-order valence-electron chi connectivity index (χ2n) is 8.61. The van der Waals surface area contributed by atoms with Gasteiger partial charge in [0, 0.05) is 22.3 Å². The van der Waals surface area contributed by atoms with E-state index in [2.05, 4.69) is 60.2 Å². The first kappa shape index (κ1) is 22.3. The highest BCUT2D eigenvalue weighted by Crippen LogP contribution is 2.42. The minimum Gasteiger partial charge on any atom is -0.417 e. The van der Waals surface area contributed by atoms with E-state index in [0.29, 0.717) is 24.2 Å². The van der Waals surface area contributed by atoms with Crippen LogP contribution >= 0.6 is 23.5 Å². The average Bonchev–Trinajstić information content (AvgIpc) is 2.48. The van der Waals surface area contributed by atoms with Crippen molar-refractivity contribution in [3.8, 4) is 0 Å².